The van der Waals surface area contributed by atoms with Gasteiger partial charge in [0.2, 0.25) is 6.10 Å². The van der Waals surface area contributed by atoms with E-state index in [2.05, 4.69) is 10.5 Å². The number of anilines is 1. The van der Waals surface area contributed by atoms with Gasteiger partial charge in [-0.2, -0.15) is 0 Å². The van der Waals surface area contributed by atoms with Gasteiger partial charge in [-0.15, -0.1) is 0 Å². The van der Waals surface area contributed by atoms with Crippen LogP contribution in [0, 0.1) is 0 Å². The lowest BCUT2D eigenvalue weighted by Gasteiger charge is -2.19. The summed E-state index contributed by atoms with van der Waals surface area (Å²) >= 11 is 0. The van der Waals surface area contributed by atoms with Crippen LogP contribution in [0.25, 0.3) is 0 Å². The van der Waals surface area contributed by atoms with Gasteiger partial charge in [-0.25, -0.2) is 0 Å². The maximum Gasteiger partial charge on any atom is 0.267 e. The van der Waals surface area contributed by atoms with E-state index in [1.807, 2.05) is 24.3 Å². The van der Waals surface area contributed by atoms with Gasteiger partial charge in [0.15, 0.2) is 11.5 Å². The van der Waals surface area contributed by atoms with Crippen LogP contribution in [-0.2, 0) is 9.63 Å². The number of rotatable bonds is 6. The normalized spacial score (nSPS) is 13.9. The van der Waals surface area contributed by atoms with E-state index in [1.54, 1.807) is 32.2 Å². The lowest BCUT2D eigenvalue weighted by molar-refractivity contribution is -0.126. The monoisotopic (exact) mass is 356 g/mol. The first-order valence-electron chi connectivity index (χ1n) is 8.20. The predicted molar refractivity (Wildman–Crippen MR) is 97.2 cm³/mol. The van der Waals surface area contributed by atoms with Crippen LogP contribution in [-0.4, -0.2) is 38.5 Å². The Balaban J connectivity index is 1.57. The molecule has 7 nitrogen and oxygen atoms in total. The second kappa shape index (κ2) is 8.24. The number of nitrogens with one attached hydrogen (secondary N) is 1. The summed E-state index contributed by atoms with van der Waals surface area (Å²) in [5.74, 6) is 1.63. The maximum absolute atomic E-state index is 12.2. The summed E-state index contributed by atoms with van der Waals surface area (Å²) in [5.41, 5.74) is 1.36. The summed E-state index contributed by atoms with van der Waals surface area (Å²) in [6.07, 6.45) is 0.737. The number of fused-ring (bicyclic) bond motifs is 1. The molecule has 26 heavy (non-hydrogen) atoms. The lowest BCUT2D eigenvalue weighted by Crippen LogP contribution is -2.26. The number of ether oxygens (including phenoxy) is 3. The first kappa shape index (κ1) is 17.6. The molecule has 0 saturated carbocycles. The Morgan fingerprint density at radius 2 is 1.96 bits per heavy atom. The zero-order valence-electron chi connectivity index (χ0n) is 14.6. The van der Waals surface area contributed by atoms with Crippen LogP contribution < -0.4 is 19.5 Å². The standard InChI is InChI=1S/C19H20N2O5/c1-13(26-20-12-14-5-3-4-6-16(14)23-2)19(22)21-15-7-8-17-18(11-15)25-10-9-24-17/h3-8,11-13H,9-10H2,1-2H3,(H,21,22)/b20-12-/t13-/m0/s1. The van der Waals surface area contributed by atoms with Crippen molar-refractivity contribution in [3.05, 3.63) is 48.0 Å². The Labute approximate surface area is 151 Å². The number of para-hydroxylation sites is 1. The molecule has 1 atom stereocenters. The van der Waals surface area contributed by atoms with E-state index in [-0.39, 0.29) is 5.91 Å². The highest BCUT2D eigenvalue weighted by Crippen LogP contribution is 2.32. The fourth-order valence-corrected chi connectivity index (χ4v) is 2.36. The van der Waals surface area contributed by atoms with Gasteiger partial charge < -0.3 is 24.4 Å². The number of hydrogen-bond donors (Lipinski definition) is 1. The molecule has 0 aromatic heterocycles. The van der Waals surface area contributed by atoms with Gasteiger partial charge in [0.05, 0.1) is 13.3 Å². The molecule has 1 aliphatic rings. The highest BCUT2D eigenvalue weighted by molar-refractivity contribution is 5.94. The largest absolute Gasteiger partial charge is 0.496 e. The number of nitrogens with zero attached hydrogens (tertiary/aromatic N) is 1. The summed E-state index contributed by atoms with van der Waals surface area (Å²) in [7, 11) is 1.58. The topological polar surface area (TPSA) is 78.4 Å². The number of oxime groups is 1. The van der Waals surface area contributed by atoms with E-state index in [0.29, 0.717) is 36.1 Å². The average Bonchev–Trinajstić information content (AvgIpc) is 2.68. The molecule has 7 heteroatoms. The van der Waals surface area contributed by atoms with Crippen molar-refractivity contribution in [2.75, 3.05) is 25.6 Å². The van der Waals surface area contributed by atoms with E-state index < -0.39 is 6.10 Å². The Morgan fingerprint density at radius 1 is 1.19 bits per heavy atom. The third kappa shape index (κ3) is 4.24. The molecule has 1 N–H and O–H groups in total. The third-order valence-corrected chi connectivity index (χ3v) is 3.73. The molecule has 2 aromatic rings. The van der Waals surface area contributed by atoms with Crippen LogP contribution in [0.3, 0.4) is 0 Å². The van der Waals surface area contributed by atoms with Gasteiger partial charge in [0, 0.05) is 17.3 Å². The molecule has 1 heterocycles. The third-order valence-electron chi connectivity index (χ3n) is 3.73. The van der Waals surface area contributed by atoms with Crippen LogP contribution in [0.4, 0.5) is 5.69 Å². The van der Waals surface area contributed by atoms with Crippen molar-refractivity contribution in [2.45, 2.75) is 13.0 Å². The molecular weight excluding hydrogens is 336 g/mol. The van der Waals surface area contributed by atoms with Crippen LogP contribution >= 0.6 is 0 Å². The van der Waals surface area contributed by atoms with Crippen molar-refractivity contribution < 1.29 is 23.8 Å². The quantitative estimate of drug-likeness (QED) is 0.636. The van der Waals surface area contributed by atoms with Gasteiger partial charge in [-0.1, -0.05) is 17.3 Å². The molecule has 3 rings (SSSR count). The maximum atomic E-state index is 12.2. The fourth-order valence-electron chi connectivity index (χ4n) is 2.36. The number of hydrogen-bond acceptors (Lipinski definition) is 6. The molecule has 1 amide bonds. The van der Waals surface area contributed by atoms with E-state index in [1.165, 1.54) is 6.21 Å². The Morgan fingerprint density at radius 3 is 2.77 bits per heavy atom. The van der Waals surface area contributed by atoms with E-state index >= 15 is 0 Å². The summed E-state index contributed by atoms with van der Waals surface area (Å²) in [6.45, 7) is 2.63. The van der Waals surface area contributed by atoms with Crippen LogP contribution in [0.5, 0.6) is 17.2 Å². The van der Waals surface area contributed by atoms with Crippen molar-refractivity contribution in [1.29, 1.82) is 0 Å². The molecule has 2 aromatic carbocycles. The smallest absolute Gasteiger partial charge is 0.267 e. The molecule has 0 bridgehead atoms. The van der Waals surface area contributed by atoms with Crippen LogP contribution in [0.15, 0.2) is 47.6 Å². The number of carbonyl (C=O) groups excluding carboxylic acids is 1. The average molecular weight is 356 g/mol. The number of benzene rings is 2. The Kier molecular flexibility index (Phi) is 5.58. The van der Waals surface area contributed by atoms with Crippen molar-refractivity contribution >= 4 is 17.8 Å². The molecule has 0 saturated heterocycles. The minimum atomic E-state index is -0.769. The Hall–Kier alpha value is -3.22. The summed E-state index contributed by atoms with van der Waals surface area (Å²) in [6, 6.07) is 12.6. The fraction of sp³-hybridized carbons (Fsp3) is 0.263. The molecule has 136 valence electrons. The Bertz CT molecular complexity index is 806. The van der Waals surface area contributed by atoms with Crippen LogP contribution in [0.1, 0.15) is 12.5 Å². The second-order valence-corrected chi connectivity index (χ2v) is 5.57. The second-order valence-electron chi connectivity index (χ2n) is 5.57. The zero-order valence-corrected chi connectivity index (χ0v) is 14.6. The molecule has 0 fully saturated rings. The van der Waals surface area contributed by atoms with Crippen molar-refractivity contribution in [1.82, 2.24) is 0 Å². The first-order valence-corrected chi connectivity index (χ1v) is 8.20. The van der Waals surface area contributed by atoms with Gasteiger partial charge in [0.1, 0.15) is 19.0 Å². The molecular formula is C19H20N2O5. The van der Waals surface area contributed by atoms with Crippen molar-refractivity contribution in [2.24, 2.45) is 5.16 Å². The van der Waals surface area contributed by atoms with Gasteiger partial charge >= 0.3 is 0 Å². The van der Waals surface area contributed by atoms with Crippen LogP contribution in [0.2, 0.25) is 0 Å². The van der Waals surface area contributed by atoms with E-state index in [0.717, 1.165) is 5.56 Å². The number of methoxy groups -OCH3 is 1. The van der Waals surface area contributed by atoms with E-state index in [9.17, 15) is 4.79 Å². The summed E-state index contributed by atoms with van der Waals surface area (Å²) in [5, 5.41) is 6.64. The summed E-state index contributed by atoms with van der Waals surface area (Å²) < 4.78 is 16.2. The van der Waals surface area contributed by atoms with Gasteiger partial charge in [-0.05, 0) is 31.2 Å². The first-order chi connectivity index (χ1) is 12.7. The molecule has 1 aliphatic heterocycles. The summed E-state index contributed by atoms with van der Waals surface area (Å²) in [4.78, 5) is 17.5. The zero-order chi connectivity index (χ0) is 18.4. The molecule has 0 spiro atoms. The van der Waals surface area contributed by atoms with Gasteiger partial charge in [-0.3, -0.25) is 4.79 Å². The number of amides is 1. The van der Waals surface area contributed by atoms with E-state index in [4.69, 9.17) is 19.0 Å². The highest BCUT2D eigenvalue weighted by atomic mass is 16.6. The predicted octanol–water partition coefficient (Wildman–Crippen LogP) is 2.84. The molecule has 0 aliphatic carbocycles. The molecule has 0 unspecified atom stereocenters. The van der Waals surface area contributed by atoms with Crippen molar-refractivity contribution in [3.8, 4) is 17.2 Å². The number of carbonyl (C=O) groups is 1. The minimum Gasteiger partial charge on any atom is -0.496 e. The minimum absolute atomic E-state index is 0.321. The van der Waals surface area contributed by atoms with Gasteiger partial charge in [0.25, 0.3) is 5.91 Å². The highest BCUT2D eigenvalue weighted by Gasteiger charge is 2.17. The lowest BCUT2D eigenvalue weighted by atomic mass is 10.2. The van der Waals surface area contributed by atoms with Crippen molar-refractivity contribution in [3.63, 3.8) is 0 Å². The SMILES string of the molecule is COc1ccccc1/C=N\O[C@@H](C)C(=O)Nc1ccc2c(c1)OCCO2. The molecule has 0 radical (unpaired) electrons.